The molecule has 0 aromatic carbocycles. The van der Waals surface area contributed by atoms with E-state index in [1.54, 1.807) is 0 Å². The molecule has 0 aliphatic carbocycles. The molecular formula is C17H30N4O. The number of hydrogen-bond donors (Lipinski definition) is 2. The monoisotopic (exact) mass is 306 g/mol. The molecule has 1 amide bonds. The van der Waals surface area contributed by atoms with Crippen molar-refractivity contribution in [2.75, 3.05) is 39.3 Å². The Balaban J connectivity index is 1.81. The standard InChI is InChI=1S/C17H30N4O/c1-13(2)21-14(3)12-16(15(21)4)17(22)19-6-5-9-20-10-7-18-8-11-20/h12-13,18H,5-11H2,1-4H3,(H,19,22). The van der Waals surface area contributed by atoms with Gasteiger partial charge in [-0.1, -0.05) is 0 Å². The molecule has 2 heterocycles. The number of aryl methyl sites for hydroxylation is 1. The number of nitrogens with one attached hydrogen (secondary N) is 2. The fourth-order valence-corrected chi connectivity index (χ4v) is 3.34. The number of nitrogens with zero attached hydrogens (tertiary/aromatic N) is 2. The Bertz CT molecular complexity index is 501. The molecule has 0 radical (unpaired) electrons. The van der Waals surface area contributed by atoms with Crippen LogP contribution in [-0.2, 0) is 0 Å². The summed E-state index contributed by atoms with van der Waals surface area (Å²) in [7, 11) is 0. The van der Waals surface area contributed by atoms with Crippen LogP contribution < -0.4 is 10.6 Å². The maximum absolute atomic E-state index is 12.4. The van der Waals surface area contributed by atoms with Gasteiger partial charge in [-0.15, -0.1) is 0 Å². The Morgan fingerprint density at radius 1 is 1.32 bits per heavy atom. The average molecular weight is 306 g/mol. The molecule has 1 aliphatic heterocycles. The summed E-state index contributed by atoms with van der Waals surface area (Å²) in [5.74, 6) is 0.0558. The largest absolute Gasteiger partial charge is 0.352 e. The highest BCUT2D eigenvalue weighted by atomic mass is 16.1. The molecule has 22 heavy (non-hydrogen) atoms. The van der Waals surface area contributed by atoms with Crippen molar-refractivity contribution in [1.82, 2.24) is 20.1 Å². The number of carbonyl (C=O) groups excluding carboxylic acids is 1. The predicted octanol–water partition coefficient (Wildman–Crippen LogP) is 1.71. The van der Waals surface area contributed by atoms with Crippen LogP contribution in [0.1, 0.15) is 48.1 Å². The molecule has 2 N–H and O–H groups in total. The zero-order valence-corrected chi connectivity index (χ0v) is 14.4. The van der Waals surface area contributed by atoms with Crippen molar-refractivity contribution >= 4 is 5.91 Å². The third-order valence-electron chi connectivity index (χ3n) is 4.39. The second-order valence-corrected chi connectivity index (χ2v) is 6.45. The fraction of sp³-hybridized carbons (Fsp3) is 0.706. The molecule has 0 spiro atoms. The summed E-state index contributed by atoms with van der Waals surface area (Å²) in [6.07, 6.45) is 1.01. The topological polar surface area (TPSA) is 49.3 Å². The number of hydrogen-bond acceptors (Lipinski definition) is 3. The molecule has 2 rings (SSSR count). The molecule has 5 heteroatoms. The molecule has 1 aliphatic rings. The van der Waals surface area contributed by atoms with E-state index in [1.807, 2.05) is 13.0 Å². The van der Waals surface area contributed by atoms with E-state index in [9.17, 15) is 4.79 Å². The first-order valence-electron chi connectivity index (χ1n) is 8.40. The number of amides is 1. The van der Waals surface area contributed by atoms with Crippen LogP contribution in [0.25, 0.3) is 0 Å². The van der Waals surface area contributed by atoms with E-state index in [0.29, 0.717) is 6.04 Å². The van der Waals surface area contributed by atoms with Crippen molar-refractivity contribution in [3.8, 4) is 0 Å². The summed E-state index contributed by atoms with van der Waals surface area (Å²) in [5.41, 5.74) is 3.03. The van der Waals surface area contributed by atoms with E-state index in [-0.39, 0.29) is 5.91 Å². The van der Waals surface area contributed by atoms with Crippen molar-refractivity contribution in [2.45, 2.75) is 40.2 Å². The van der Waals surface area contributed by atoms with Gasteiger partial charge in [0.15, 0.2) is 0 Å². The van der Waals surface area contributed by atoms with Crippen LogP contribution in [0.4, 0.5) is 0 Å². The van der Waals surface area contributed by atoms with Crippen molar-refractivity contribution in [2.24, 2.45) is 0 Å². The van der Waals surface area contributed by atoms with Gasteiger partial charge in [0.25, 0.3) is 5.91 Å². The smallest absolute Gasteiger partial charge is 0.253 e. The molecule has 0 unspecified atom stereocenters. The van der Waals surface area contributed by atoms with Gasteiger partial charge in [-0.25, -0.2) is 0 Å². The lowest BCUT2D eigenvalue weighted by Crippen LogP contribution is -2.44. The van der Waals surface area contributed by atoms with Gasteiger partial charge >= 0.3 is 0 Å². The molecule has 1 aromatic heterocycles. The third kappa shape index (κ3) is 4.11. The minimum Gasteiger partial charge on any atom is -0.352 e. The van der Waals surface area contributed by atoms with E-state index in [0.717, 1.165) is 62.6 Å². The predicted molar refractivity (Wildman–Crippen MR) is 90.6 cm³/mol. The molecule has 1 fully saturated rings. The number of rotatable bonds is 6. The van der Waals surface area contributed by atoms with Gasteiger partial charge in [-0.3, -0.25) is 4.79 Å². The molecule has 0 bridgehead atoms. The van der Waals surface area contributed by atoms with E-state index in [2.05, 4.69) is 40.9 Å². The maximum Gasteiger partial charge on any atom is 0.253 e. The van der Waals surface area contributed by atoms with Crippen LogP contribution in [0.3, 0.4) is 0 Å². The summed E-state index contributed by atoms with van der Waals surface area (Å²) in [5, 5.41) is 6.42. The van der Waals surface area contributed by atoms with Crippen LogP contribution in [-0.4, -0.2) is 54.6 Å². The van der Waals surface area contributed by atoms with E-state index < -0.39 is 0 Å². The van der Waals surface area contributed by atoms with Gasteiger partial charge in [0.2, 0.25) is 0 Å². The number of carbonyl (C=O) groups is 1. The highest BCUT2D eigenvalue weighted by Crippen LogP contribution is 2.19. The molecule has 1 aromatic rings. The normalized spacial score (nSPS) is 16.2. The Labute approximate surface area is 134 Å². The lowest BCUT2D eigenvalue weighted by Gasteiger charge is -2.27. The zero-order valence-electron chi connectivity index (χ0n) is 14.4. The highest BCUT2D eigenvalue weighted by Gasteiger charge is 2.16. The van der Waals surface area contributed by atoms with Gasteiger partial charge in [0, 0.05) is 50.2 Å². The van der Waals surface area contributed by atoms with E-state index >= 15 is 0 Å². The third-order valence-corrected chi connectivity index (χ3v) is 4.39. The lowest BCUT2D eigenvalue weighted by molar-refractivity contribution is 0.0950. The van der Waals surface area contributed by atoms with Crippen LogP contribution >= 0.6 is 0 Å². The van der Waals surface area contributed by atoms with Crippen molar-refractivity contribution < 1.29 is 4.79 Å². The Hall–Kier alpha value is -1.33. The Morgan fingerprint density at radius 2 is 2.00 bits per heavy atom. The summed E-state index contributed by atoms with van der Waals surface area (Å²) < 4.78 is 2.22. The van der Waals surface area contributed by atoms with Gasteiger partial charge in [0.1, 0.15) is 0 Å². The van der Waals surface area contributed by atoms with Gasteiger partial charge in [0.05, 0.1) is 5.56 Å². The van der Waals surface area contributed by atoms with Crippen LogP contribution in [0.5, 0.6) is 0 Å². The van der Waals surface area contributed by atoms with Crippen molar-refractivity contribution in [1.29, 1.82) is 0 Å². The van der Waals surface area contributed by atoms with Crippen molar-refractivity contribution in [3.63, 3.8) is 0 Å². The van der Waals surface area contributed by atoms with Gasteiger partial charge in [-0.05, 0) is 46.7 Å². The second-order valence-electron chi connectivity index (χ2n) is 6.45. The summed E-state index contributed by atoms with van der Waals surface area (Å²) in [6, 6.07) is 2.38. The molecular weight excluding hydrogens is 276 g/mol. The number of piperazine rings is 1. The fourth-order valence-electron chi connectivity index (χ4n) is 3.34. The number of aromatic nitrogens is 1. The van der Waals surface area contributed by atoms with Gasteiger partial charge in [-0.2, -0.15) is 0 Å². The zero-order chi connectivity index (χ0) is 16.1. The highest BCUT2D eigenvalue weighted by molar-refractivity contribution is 5.95. The first-order chi connectivity index (χ1) is 10.5. The molecule has 1 saturated heterocycles. The molecule has 0 atom stereocenters. The SMILES string of the molecule is Cc1cc(C(=O)NCCCN2CCNCC2)c(C)n1C(C)C. The first kappa shape index (κ1) is 17.0. The second kappa shape index (κ2) is 7.79. The first-order valence-corrected chi connectivity index (χ1v) is 8.40. The summed E-state index contributed by atoms with van der Waals surface area (Å²) in [4.78, 5) is 14.8. The Morgan fingerprint density at radius 3 is 2.59 bits per heavy atom. The van der Waals surface area contributed by atoms with Gasteiger partial charge < -0.3 is 20.1 Å². The maximum atomic E-state index is 12.4. The van der Waals surface area contributed by atoms with Crippen LogP contribution in [0.2, 0.25) is 0 Å². The quantitative estimate of drug-likeness (QED) is 0.787. The average Bonchev–Trinajstić information content (AvgIpc) is 2.79. The van der Waals surface area contributed by atoms with E-state index in [1.165, 1.54) is 0 Å². The minimum absolute atomic E-state index is 0.0558. The van der Waals surface area contributed by atoms with Crippen LogP contribution in [0.15, 0.2) is 6.07 Å². The minimum atomic E-state index is 0.0558. The molecule has 124 valence electrons. The van der Waals surface area contributed by atoms with Crippen molar-refractivity contribution in [3.05, 3.63) is 23.0 Å². The molecule has 5 nitrogen and oxygen atoms in total. The summed E-state index contributed by atoms with van der Waals surface area (Å²) in [6.45, 7) is 14.6. The molecule has 0 saturated carbocycles. The lowest BCUT2D eigenvalue weighted by atomic mass is 10.2. The Kier molecular flexibility index (Phi) is 6.03. The summed E-state index contributed by atoms with van der Waals surface area (Å²) >= 11 is 0. The van der Waals surface area contributed by atoms with Crippen LogP contribution in [0, 0.1) is 13.8 Å². The van der Waals surface area contributed by atoms with E-state index in [4.69, 9.17) is 0 Å².